The van der Waals surface area contributed by atoms with Gasteiger partial charge in [0.2, 0.25) is 0 Å². The number of hydrogen-bond donors (Lipinski definition) is 2. The Morgan fingerprint density at radius 3 is 2.53 bits per heavy atom. The maximum absolute atomic E-state index is 13.7. The average molecular weight is 452 g/mol. The molecule has 172 valence electrons. The molecule has 0 saturated carbocycles. The van der Waals surface area contributed by atoms with Gasteiger partial charge in [-0.3, -0.25) is 24.3 Å². The second kappa shape index (κ2) is 11.3. The van der Waals surface area contributed by atoms with Crippen molar-refractivity contribution in [2.45, 2.75) is 19.5 Å². The van der Waals surface area contributed by atoms with E-state index in [-0.39, 0.29) is 25.0 Å². The molecule has 1 amide bonds. The van der Waals surface area contributed by atoms with Gasteiger partial charge < -0.3 is 10.4 Å². The van der Waals surface area contributed by atoms with Crippen molar-refractivity contribution in [2.24, 2.45) is 0 Å². The Balaban J connectivity index is 2.26. The van der Waals surface area contributed by atoms with Gasteiger partial charge in [-0.15, -0.1) is 0 Å². The third kappa shape index (κ3) is 6.28. The van der Waals surface area contributed by atoms with E-state index in [9.17, 15) is 32.7 Å². The van der Waals surface area contributed by atoms with Gasteiger partial charge in [0.05, 0.1) is 12.9 Å². The monoisotopic (exact) mass is 452 g/mol. The summed E-state index contributed by atoms with van der Waals surface area (Å²) in [6, 6.07) is 0.998. The molecule has 2 N–H and O–H groups in total. The highest BCUT2D eigenvalue weighted by molar-refractivity contribution is 5.91. The van der Waals surface area contributed by atoms with E-state index in [2.05, 4.69) is 5.32 Å². The fourth-order valence-electron chi connectivity index (χ4n) is 2.86. The van der Waals surface area contributed by atoms with Gasteiger partial charge in [0.25, 0.3) is 5.91 Å². The molecule has 8 nitrogen and oxygen atoms in total. The van der Waals surface area contributed by atoms with Gasteiger partial charge in [-0.1, -0.05) is 12.2 Å². The second-order valence-electron chi connectivity index (χ2n) is 6.99. The van der Waals surface area contributed by atoms with Gasteiger partial charge in [0.15, 0.2) is 12.0 Å². The number of allylic oxidation sites excluding steroid dienone is 2. The zero-order valence-corrected chi connectivity index (χ0v) is 17.5. The van der Waals surface area contributed by atoms with Crippen molar-refractivity contribution >= 4 is 18.5 Å². The number of carbonyl (C=O) groups excluding carboxylic acids is 3. The number of aliphatic hydroxyl groups is 1. The number of benzene rings is 1. The highest BCUT2D eigenvalue weighted by atomic mass is 19.1. The molecule has 0 saturated heterocycles. The van der Waals surface area contributed by atoms with Gasteiger partial charge in [0.1, 0.15) is 29.4 Å². The van der Waals surface area contributed by atoms with Crippen molar-refractivity contribution in [1.29, 1.82) is 0 Å². The molecule has 1 atom stereocenters. The topological polar surface area (TPSA) is 93.2 Å². The number of halogens is 3. The van der Waals surface area contributed by atoms with E-state index in [1.165, 1.54) is 0 Å². The number of aldehydes is 2. The summed E-state index contributed by atoms with van der Waals surface area (Å²) in [7, 11) is 1.82. The maximum atomic E-state index is 13.7. The summed E-state index contributed by atoms with van der Waals surface area (Å²) in [6.07, 6.45) is 6.35. The zero-order chi connectivity index (χ0) is 23.8. The van der Waals surface area contributed by atoms with Crippen molar-refractivity contribution < 1.29 is 32.7 Å². The van der Waals surface area contributed by atoms with E-state index in [1.54, 1.807) is 5.01 Å². The number of nitrogens with one attached hydrogen (secondary N) is 1. The van der Waals surface area contributed by atoms with E-state index >= 15 is 0 Å². The largest absolute Gasteiger partial charge is 0.502 e. The highest BCUT2D eigenvalue weighted by Crippen LogP contribution is 2.16. The molecule has 2 rings (SSSR count). The van der Waals surface area contributed by atoms with Crippen LogP contribution in [0.5, 0.6) is 0 Å². The Hall–Kier alpha value is -3.44. The fraction of sp³-hybridized carbons (Fsp3) is 0.286. The summed E-state index contributed by atoms with van der Waals surface area (Å²) in [4.78, 5) is 36.7. The summed E-state index contributed by atoms with van der Waals surface area (Å²) in [6.45, 7) is 1.85. The van der Waals surface area contributed by atoms with Crippen LogP contribution < -0.4 is 5.32 Å². The van der Waals surface area contributed by atoms with Gasteiger partial charge in [-0.05, 0) is 14.0 Å². The van der Waals surface area contributed by atoms with E-state index in [1.807, 2.05) is 31.0 Å². The predicted molar refractivity (Wildman–Crippen MR) is 109 cm³/mol. The molecule has 1 aromatic carbocycles. The molecule has 0 radical (unpaired) electrons. The lowest BCUT2D eigenvalue weighted by atomic mass is 10.2. The zero-order valence-electron chi connectivity index (χ0n) is 17.5. The predicted octanol–water partition coefficient (Wildman–Crippen LogP) is 1.77. The Morgan fingerprint density at radius 2 is 1.94 bits per heavy atom. The molecule has 32 heavy (non-hydrogen) atoms. The molecule has 1 heterocycles. The molecule has 1 unspecified atom stereocenters. The SMILES string of the molecule is CC1C=CCN(N(/C=C(\O)C(=O)NCc2c(F)cc(F)cc2F)/C(C=O)=C\C=O)CN1C. The van der Waals surface area contributed by atoms with Crippen molar-refractivity contribution in [1.82, 2.24) is 20.2 Å². The summed E-state index contributed by atoms with van der Waals surface area (Å²) in [5.41, 5.74) is -0.751. The quantitative estimate of drug-likeness (QED) is 0.269. The van der Waals surface area contributed by atoms with Crippen LogP contribution in [0.2, 0.25) is 0 Å². The number of hydrazine groups is 1. The van der Waals surface area contributed by atoms with E-state index in [0.29, 0.717) is 24.7 Å². The molecular formula is C21H23F3N4O4. The smallest absolute Gasteiger partial charge is 0.288 e. The third-order valence-electron chi connectivity index (χ3n) is 4.75. The Kier molecular flexibility index (Phi) is 8.73. The van der Waals surface area contributed by atoms with Crippen LogP contribution in [-0.4, -0.2) is 64.8 Å². The summed E-state index contributed by atoms with van der Waals surface area (Å²) < 4.78 is 40.5. The van der Waals surface area contributed by atoms with E-state index in [0.717, 1.165) is 17.3 Å². The lowest BCUT2D eigenvalue weighted by Gasteiger charge is -2.35. The molecule has 1 aliphatic rings. The van der Waals surface area contributed by atoms with Crippen LogP contribution in [0.25, 0.3) is 0 Å². The number of nitrogens with zero attached hydrogens (tertiary/aromatic N) is 3. The number of rotatable bonds is 8. The first-order valence-electron chi connectivity index (χ1n) is 9.52. The molecule has 0 aromatic heterocycles. The molecule has 11 heteroatoms. The molecule has 0 aliphatic carbocycles. The fourth-order valence-corrected chi connectivity index (χ4v) is 2.86. The molecule has 0 spiro atoms. The molecule has 0 bridgehead atoms. The Labute approximate surface area is 182 Å². The van der Waals surface area contributed by atoms with Gasteiger partial charge in [-0.2, -0.15) is 5.01 Å². The molecule has 1 aliphatic heterocycles. The summed E-state index contributed by atoms with van der Waals surface area (Å²) >= 11 is 0. The molecular weight excluding hydrogens is 429 g/mol. The lowest BCUT2D eigenvalue weighted by molar-refractivity contribution is -0.120. The van der Waals surface area contributed by atoms with Crippen LogP contribution >= 0.6 is 0 Å². The van der Waals surface area contributed by atoms with Crippen LogP contribution in [0.1, 0.15) is 12.5 Å². The first kappa shape index (κ1) is 24.8. The lowest BCUT2D eigenvalue weighted by Crippen LogP contribution is -2.46. The number of likely N-dealkylation sites (N-methyl/N-ethyl adjacent to an activating group) is 1. The van der Waals surface area contributed by atoms with Crippen LogP contribution in [0.15, 0.2) is 48.0 Å². The van der Waals surface area contributed by atoms with E-state index < -0.39 is 41.2 Å². The van der Waals surface area contributed by atoms with Crippen LogP contribution in [0, 0.1) is 17.5 Å². The van der Waals surface area contributed by atoms with Crippen LogP contribution in [0.3, 0.4) is 0 Å². The maximum Gasteiger partial charge on any atom is 0.288 e. The minimum absolute atomic E-state index is 0.0676. The minimum Gasteiger partial charge on any atom is -0.502 e. The van der Waals surface area contributed by atoms with E-state index in [4.69, 9.17) is 0 Å². The number of amides is 1. The van der Waals surface area contributed by atoms with Gasteiger partial charge in [0, 0.05) is 42.9 Å². The summed E-state index contributed by atoms with van der Waals surface area (Å²) in [5.74, 6) is -5.50. The van der Waals surface area contributed by atoms with Gasteiger partial charge >= 0.3 is 0 Å². The van der Waals surface area contributed by atoms with Crippen molar-refractivity contribution in [2.75, 3.05) is 20.3 Å². The first-order chi connectivity index (χ1) is 15.2. The molecule has 1 aromatic rings. The van der Waals surface area contributed by atoms with Crippen LogP contribution in [-0.2, 0) is 20.9 Å². The van der Waals surface area contributed by atoms with Crippen molar-refractivity contribution in [3.8, 4) is 0 Å². The average Bonchev–Trinajstić information content (AvgIpc) is 2.90. The highest BCUT2D eigenvalue weighted by Gasteiger charge is 2.23. The minimum atomic E-state index is -1.20. The summed E-state index contributed by atoms with van der Waals surface area (Å²) in [5, 5.41) is 15.1. The van der Waals surface area contributed by atoms with Crippen molar-refractivity contribution in [3.63, 3.8) is 0 Å². The normalized spacial score (nSPS) is 18.2. The Bertz CT molecular complexity index is 941. The van der Waals surface area contributed by atoms with Crippen LogP contribution in [0.4, 0.5) is 13.2 Å². The Morgan fingerprint density at radius 1 is 1.28 bits per heavy atom. The standard InChI is InChI=1S/C21H23F3N4O4/c1-14-4-3-6-27(13-26(14)2)28(16(12-30)5-7-29)11-20(31)21(32)25-10-17-18(23)8-15(22)9-19(17)24/h3-5,7-9,11-12,14,31H,6,10,13H2,1-2H3,(H,25,32)/b16-5-,20-11-. The first-order valence-corrected chi connectivity index (χ1v) is 9.52. The third-order valence-corrected chi connectivity index (χ3v) is 4.75. The van der Waals surface area contributed by atoms with Gasteiger partial charge in [-0.25, -0.2) is 13.2 Å². The van der Waals surface area contributed by atoms with Crippen molar-refractivity contribution in [3.05, 3.63) is 71.0 Å². The number of aliphatic hydroxyl groups excluding tert-OH is 1. The number of carbonyl (C=O) groups is 3. The second-order valence-corrected chi connectivity index (χ2v) is 6.99. The molecule has 0 fully saturated rings. The number of hydrogen-bond acceptors (Lipinski definition) is 7.